The molecule has 2 heteroatoms. The number of rotatable bonds is 3. The highest BCUT2D eigenvalue weighted by Gasteiger charge is 2.26. The molecule has 2 rings (SSSR count). The van der Waals surface area contributed by atoms with Crippen LogP contribution in [0.15, 0.2) is 24.3 Å². The maximum absolute atomic E-state index is 13.1. The molecule has 1 aliphatic carbocycles. The monoisotopic (exact) mass is 234 g/mol. The summed E-state index contributed by atoms with van der Waals surface area (Å²) in [5.41, 5.74) is 0.532. The maximum Gasteiger partial charge on any atom is 0.166 e. The highest BCUT2D eigenvalue weighted by atomic mass is 19.1. The van der Waals surface area contributed by atoms with Crippen molar-refractivity contribution in [1.82, 2.24) is 0 Å². The van der Waals surface area contributed by atoms with E-state index < -0.39 is 0 Å². The van der Waals surface area contributed by atoms with Crippen LogP contribution in [0.3, 0.4) is 0 Å². The molecule has 0 bridgehead atoms. The van der Waals surface area contributed by atoms with E-state index in [2.05, 4.69) is 6.92 Å². The number of carbonyl (C=O) groups excluding carboxylic acids is 1. The van der Waals surface area contributed by atoms with Gasteiger partial charge in [0.1, 0.15) is 5.82 Å². The summed E-state index contributed by atoms with van der Waals surface area (Å²) in [7, 11) is 0. The minimum atomic E-state index is -0.321. The van der Waals surface area contributed by atoms with Crippen LogP contribution in [-0.4, -0.2) is 5.78 Å². The molecule has 1 fully saturated rings. The summed E-state index contributed by atoms with van der Waals surface area (Å²) in [6.07, 6.45) is 5.42. The van der Waals surface area contributed by atoms with Crippen molar-refractivity contribution in [3.63, 3.8) is 0 Å². The average Bonchev–Trinajstić information content (AvgIpc) is 2.38. The third kappa shape index (κ3) is 2.93. The van der Waals surface area contributed by atoms with E-state index in [-0.39, 0.29) is 17.5 Å². The second-order valence-electron chi connectivity index (χ2n) is 5.00. The number of Topliss-reactive ketones (excluding diaryl/α,β-unsaturated/α-hetero) is 1. The van der Waals surface area contributed by atoms with Crippen LogP contribution in [0.2, 0.25) is 0 Å². The first-order valence-electron chi connectivity index (χ1n) is 6.50. The fraction of sp³-hybridized carbons (Fsp3) is 0.533. The molecule has 0 unspecified atom stereocenters. The van der Waals surface area contributed by atoms with Crippen molar-refractivity contribution >= 4 is 5.78 Å². The first kappa shape index (κ1) is 12.3. The molecule has 0 heterocycles. The van der Waals surface area contributed by atoms with Gasteiger partial charge in [0.15, 0.2) is 5.78 Å². The molecule has 0 spiro atoms. The Morgan fingerprint density at radius 3 is 2.59 bits per heavy atom. The van der Waals surface area contributed by atoms with Crippen LogP contribution in [0.5, 0.6) is 0 Å². The molecule has 1 nitrogen and oxygen atoms in total. The van der Waals surface area contributed by atoms with Gasteiger partial charge in [0.25, 0.3) is 0 Å². The molecule has 0 radical (unpaired) electrons. The molecule has 1 aromatic carbocycles. The smallest absolute Gasteiger partial charge is 0.166 e. The van der Waals surface area contributed by atoms with Gasteiger partial charge in [-0.2, -0.15) is 0 Å². The maximum atomic E-state index is 13.1. The van der Waals surface area contributed by atoms with Gasteiger partial charge in [-0.1, -0.05) is 25.5 Å². The summed E-state index contributed by atoms with van der Waals surface area (Å²) in [6, 6.07) is 6.07. The van der Waals surface area contributed by atoms with Gasteiger partial charge in [-0.3, -0.25) is 4.79 Å². The Hall–Kier alpha value is -1.18. The number of hydrogen-bond donors (Lipinski definition) is 0. The molecule has 0 atom stereocenters. The molecule has 1 aliphatic rings. The van der Waals surface area contributed by atoms with Gasteiger partial charge in [0.2, 0.25) is 0 Å². The molecular formula is C15H19FO. The Kier molecular flexibility index (Phi) is 3.93. The highest BCUT2D eigenvalue weighted by Crippen LogP contribution is 2.32. The van der Waals surface area contributed by atoms with Crippen molar-refractivity contribution in [2.24, 2.45) is 11.8 Å². The summed E-state index contributed by atoms with van der Waals surface area (Å²) in [5, 5.41) is 0. The number of halogens is 1. The first-order chi connectivity index (χ1) is 8.20. The quantitative estimate of drug-likeness (QED) is 0.715. The Labute approximate surface area is 102 Å². The highest BCUT2D eigenvalue weighted by molar-refractivity contribution is 5.97. The largest absolute Gasteiger partial charge is 0.294 e. The first-order valence-corrected chi connectivity index (χ1v) is 6.50. The fourth-order valence-corrected chi connectivity index (χ4v) is 2.71. The van der Waals surface area contributed by atoms with Crippen molar-refractivity contribution in [3.8, 4) is 0 Å². The fourth-order valence-electron chi connectivity index (χ4n) is 2.71. The second-order valence-corrected chi connectivity index (χ2v) is 5.00. The third-order valence-electron chi connectivity index (χ3n) is 3.90. The molecule has 0 aromatic heterocycles. The van der Waals surface area contributed by atoms with Crippen LogP contribution in [0.4, 0.5) is 4.39 Å². The Bertz CT molecular complexity index is 392. The van der Waals surface area contributed by atoms with E-state index in [1.54, 1.807) is 12.1 Å². The summed E-state index contributed by atoms with van der Waals surface area (Å²) in [4.78, 5) is 12.2. The lowest BCUT2D eigenvalue weighted by Crippen LogP contribution is -2.21. The molecule has 0 aliphatic heterocycles. The van der Waals surface area contributed by atoms with Gasteiger partial charge >= 0.3 is 0 Å². The van der Waals surface area contributed by atoms with Gasteiger partial charge in [0.05, 0.1) is 0 Å². The van der Waals surface area contributed by atoms with E-state index in [0.717, 1.165) is 31.6 Å². The lowest BCUT2D eigenvalue weighted by molar-refractivity contribution is 0.0870. The zero-order chi connectivity index (χ0) is 12.3. The van der Waals surface area contributed by atoms with Crippen LogP contribution in [-0.2, 0) is 0 Å². The summed E-state index contributed by atoms with van der Waals surface area (Å²) in [6.45, 7) is 2.21. The van der Waals surface area contributed by atoms with Crippen molar-refractivity contribution in [2.45, 2.75) is 39.0 Å². The van der Waals surface area contributed by atoms with Crippen LogP contribution in [0, 0.1) is 17.7 Å². The second kappa shape index (κ2) is 5.44. The number of benzene rings is 1. The molecule has 0 amide bonds. The lowest BCUT2D eigenvalue weighted by atomic mass is 9.78. The Morgan fingerprint density at radius 1 is 1.29 bits per heavy atom. The SMILES string of the molecule is CCC1CCC(C(=O)c2cccc(F)c2)CC1. The van der Waals surface area contributed by atoms with E-state index in [4.69, 9.17) is 0 Å². The minimum absolute atomic E-state index is 0.111. The topological polar surface area (TPSA) is 17.1 Å². The number of ketones is 1. The zero-order valence-electron chi connectivity index (χ0n) is 10.3. The predicted octanol–water partition coefficient (Wildman–Crippen LogP) is 4.22. The van der Waals surface area contributed by atoms with E-state index >= 15 is 0 Å². The molecule has 0 N–H and O–H groups in total. The number of carbonyl (C=O) groups is 1. The van der Waals surface area contributed by atoms with Crippen LogP contribution >= 0.6 is 0 Å². The van der Waals surface area contributed by atoms with Crippen molar-refractivity contribution in [3.05, 3.63) is 35.6 Å². The van der Waals surface area contributed by atoms with Gasteiger partial charge in [-0.05, 0) is 43.7 Å². The summed E-state index contributed by atoms with van der Waals surface area (Å²) in [5.74, 6) is 0.698. The third-order valence-corrected chi connectivity index (χ3v) is 3.90. The molecule has 92 valence electrons. The van der Waals surface area contributed by atoms with Gasteiger partial charge in [0, 0.05) is 11.5 Å². The Balaban J connectivity index is 2.02. The Morgan fingerprint density at radius 2 is 2.00 bits per heavy atom. The normalized spacial score (nSPS) is 24.6. The van der Waals surface area contributed by atoms with Gasteiger partial charge in [-0.25, -0.2) is 4.39 Å². The zero-order valence-corrected chi connectivity index (χ0v) is 10.3. The summed E-state index contributed by atoms with van der Waals surface area (Å²) < 4.78 is 13.1. The average molecular weight is 234 g/mol. The minimum Gasteiger partial charge on any atom is -0.294 e. The molecule has 1 saturated carbocycles. The molecule has 17 heavy (non-hydrogen) atoms. The van der Waals surface area contributed by atoms with Crippen LogP contribution in [0.25, 0.3) is 0 Å². The molecule has 0 saturated heterocycles. The van der Waals surface area contributed by atoms with Crippen LogP contribution in [0.1, 0.15) is 49.4 Å². The van der Waals surface area contributed by atoms with Crippen molar-refractivity contribution in [2.75, 3.05) is 0 Å². The number of hydrogen-bond acceptors (Lipinski definition) is 1. The lowest BCUT2D eigenvalue weighted by Gasteiger charge is -2.26. The van der Waals surface area contributed by atoms with Gasteiger partial charge < -0.3 is 0 Å². The van der Waals surface area contributed by atoms with Crippen molar-refractivity contribution in [1.29, 1.82) is 0 Å². The molecule has 1 aromatic rings. The predicted molar refractivity (Wildman–Crippen MR) is 66.5 cm³/mol. The summed E-state index contributed by atoms with van der Waals surface area (Å²) >= 11 is 0. The van der Waals surface area contributed by atoms with E-state index in [1.165, 1.54) is 18.6 Å². The van der Waals surface area contributed by atoms with E-state index in [9.17, 15) is 9.18 Å². The van der Waals surface area contributed by atoms with Crippen molar-refractivity contribution < 1.29 is 9.18 Å². The van der Waals surface area contributed by atoms with Gasteiger partial charge in [-0.15, -0.1) is 0 Å². The van der Waals surface area contributed by atoms with Crippen LogP contribution < -0.4 is 0 Å². The van der Waals surface area contributed by atoms with E-state index in [1.807, 2.05) is 0 Å². The molecular weight excluding hydrogens is 215 g/mol. The van der Waals surface area contributed by atoms with E-state index in [0.29, 0.717) is 5.56 Å². The standard InChI is InChI=1S/C15H19FO/c1-2-11-6-8-12(9-7-11)15(17)13-4-3-5-14(16)10-13/h3-5,10-12H,2,6-9H2,1H3.